The SMILES string of the molecule is CCC(C)C(C)C(C)C(C)CCC(C)C. The molecule has 0 fully saturated rings. The van der Waals surface area contributed by atoms with Gasteiger partial charge in [0, 0.05) is 0 Å². The average Bonchev–Trinajstić information content (AvgIpc) is 2.22. The predicted molar refractivity (Wildman–Crippen MR) is 71.0 cm³/mol. The molecule has 4 atom stereocenters. The van der Waals surface area contributed by atoms with E-state index < -0.39 is 0 Å². The highest BCUT2D eigenvalue weighted by atomic mass is 14.3. The minimum absolute atomic E-state index is 0.860. The largest absolute Gasteiger partial charge is 0.0651 e. The molecule has 15 heavy (non-hydrogen) atoms. The van der Waals surface area contributed by atoms with E-state index >= 15 is 0 Å². The zero-order valence-electron chi connectivity index (χ0n) is 12.0. The zero-order chi connectivity index (χ0) is 12.0. The standard InChI is InChI=1S/C15H32/c1-8-12(4)14(6)15(7)13(5)10-9-11(2)3/h11-15H,8-10H2,1-7H3. The monoisotopic (exact) mass is 212 g/mol. The third-order valence-electron chi connectivity index (χ3n) is 4.47. The van der Waals surface area contributed by atoms with Crippen molar-refractivity contribution in [2.24, 2.45) is 29.6 Å². The molecule has 0 bridgehead atoms. The van der Waals surface area contributed by atoms with Crippen LogP contribution < -0.4 is 0 Å². The number of rotatable bonds is 7. The van der Waals surface area contributed by atoms with Gasteiger partial charge < -0.3 is 0 Å². The summed E-state index contributed by atoms with van der Waals surface area (Å²) >= 11 is 0. The van der Waals surface area contributed by atoms with E-state index in [-0.39, 0.29) is 0 Å². The molecular weight excluding hydrogens is 180 g/mol. The Morgan fingerprint density at radius 2 is 1.13 bits per heavy atom. The predicted octanol–water partition coefficient (Wildman–Crippen LogP) is 5.38. The second-order valence-electron chi connectivity index (χ2n) is 6.05. The second-order valence-corrected chi connectivity index (χ2v) is 6.05. The lowest BCUT2D eigenvalue weighted by Gasteiger charge is -2.30. The summed E-state index contributed by atoms with van der Waals surface area (Å²) in [6, 6.07) is 0. The second kappa shape index (κ2) is 7.30. The van der Waals surface area contributed by atoms with Gasteiger partial charge in [-0.2, -0.15) is 0 Å². The minimum atomic E-state index is 0.860. The lowest BCUT2D eigenvalue weighted by molar-refractivity contribution is 0.195. The third kappa shape index (κ3) is 5.58. The maximum absolute atomic E-state index is 2.45. The van der Waals surface area contributed by atoms with Crippen LogP contribution in [0.15, 0.2) is 0 Å². The van der Waals surface area contributed by atoms with E-state index in [1.165, 1.54) is 19.3 Å². The Hall–Kier alpha value is 0. The van der Waals surface area contributed by atoms with E-state index in [0.29, 0.717) is 0 Å². The first-order valence-electron chi connectivity index (χ1n) is 6.90. The van der Waals surface area contributed by atoms with Crippen molar-refractivity contribution >= 4 is 0 Å². The smallest absolute Gasteiger partial charge is 0.0389 e. The maximum Gasteiger partial charge on any atom is -0.0389 e. The molecule has 0 aromatic carbocycles. The Balaban J connectivity index is 4.01. The highest BCUT2D eigenvalue weighted by Crippen LogP contribution is 2.31. The Kier molecular flexibility index (Phi) is 7.30. The fourth-order valence-electron chi connectivity index (χ4n) is 2.27. The van der Waals surface area contributed by atoms with E-state index in [1.807, 2.05) is 0 Å². The van der Waals surface area contributed by atoms with Crippen LogP contribution in [0, 0.1) is 29.6 Å². The molecule has 0 N–H and O–H groups in total. The van der Waals surface area contributed by atoms with Crippen molar-refractivity contribution in [1.82, 2.24) is 0 Å². The summed E-state index contributed by atoms with van der Waals surface area (Å²) in [5, 5.41) is 0. The molecule has 0 amide bonds. The van der Waals surface area contributed by atoms with Crippen molar-refractivity contribution in [1.29, 1.82) is 0 Å². The first-order chi connectivity index (χ1) is 6.90. The van der Waals surface area contributed by atoms with Crippen LogP contribution in [-0.2, 0) is 0 Å². The third-order valence-corrected chi connectivity index (χ3v) is 4.47. The fourth-order valence-corrected chi connectivity index (χ4v) is 2.27. The van der Waals surface area contributed by atoms with Gasteiger partial charge in [-0.05, 0) is 29.6 Å². The van der Waals surface area contributed by atoms with Gasteiger partial charge >= 0.3 is 0 Å². The van der Waals surface area contributed by atoms with Gasteiger partial charge in [-0.1, -0.05) is 67.7 Å². The average molecular weight is 212 g/mol. The molecule has 0 heteroatoms. The van der Waals surface area contributed by atoms with Crippen LogP contribution in [0.2, 0.25) is 0 Å². The van der Waals surface area contributed by atoms with Gasteiger partial charge in [-0.3, -0.25) is 0 Å². The van der Waals surface area contributed by atoms with Crippen LogP contribution in [0.4, 0.5) is 0 Å². The summed E-state index contributed by atoms with van der Waals surface area (Å²) < 4.78 is 0. The zero-order valence-corrected chi connectivity index (χ0v) is 12.0. The Morgan fingerprint density at radius 1 is 0.667 bits per heavy atom. The molecule has 0 aliphatic rings. The van der Waals surface area contributed by atoms with Gasteiger partial charge in [0.25, 0.3) is 0 Å². The summed E-state index contributed by atoms with van der Waals surface area (Å²) in [5.74, 6) is 4.37. The molecule has 0 spiro atoms. The highest BCUT2D eigenvalue weighted by molar-refractivity contribution is 4.72. The van der Waals surface area contributed by atoms with Crippen LogP contribution >= 0.6 is 0 Å². The first-order valence-corrected chi connectivity index (χ1v) is 6.90. The molecule has 0 aliphatic carbocycles. The Bertz CT molecular complexity index is 148. The number of hydrogen-bond donors (Lipinski definition) is 0. The van der Waals surface area contributed by atoms with Crippen LogP contribution in [-0.4, -0.2) is 0 Å². The van der Waals surface area contributed by atoms with Crippen molar-refractivity contribution in [2.75, 3.05) is 0 Å². The van der Waals surface area contributed by atoms with Crippen molar-refractivity contribution in [3.63, 3.8) is 0 Å². The van der Waals surface area contributed by atoms with Crippen molar-refractivity contribution < 1.29 is 0 Å². The molecule has 92 valence electrons. The van der Waals surface area contributed by atoms with Crippen LogP contribution in [0.25, 0.3) is 0 Å². The Labute approximate surface area is 97.8 Å². The van der Waals surface area contributed by atoms with E-state index in [0.717, 1.165) is 29.6 Å². The lowest BCUT2D eigenvalue weighted by atomic mass is 9.75. The molecule has 4 unspecified atom stereocenters. The normalized spacial score (nSPS) is 20.0. The Morgan fingerprint density at radius 3 is 1.53 bits per heavy atom. The molecule has 0 saturated heterocycles. The summed E-state index contributed by atoms with van der Waals surface area (Å²) in [4.78, 5) is 0. The van der Waals surface area contributed by atoms with Gasteiger partial charge in [-0.15, -0.1) is 0 Å². The summed E-state index contributed by atoms with van der Waals surface area (Å²) in [7, 11) is 0. The topological polar surface area (TPSA) is 0 Å². The van der Waals surface area contributed by atoms with Crippen LogP contribution in [0.5, 0.6) is 0 Å². The summed E-state index contributed by atoms with van der Waals surface area (Å²) in [6.07, 6.45) is 4.11. The molecular formula is C15H32. The van der Waals surface area contributed by atoms with Gasteiger partial charge in [0.05, 0.1) is 0 Å². The summed E-state index contributed by atoms with van der Waals surface area (Å²) in [5.41, 5.74) is 0. The molecule has 0 radical (unpaired) electrons. The highest BCUT2D eigenvalue weighted by Gasteiger charge is 2.22. The van der Waals surface area contributed by atoms with E-state index in [1.54, 1.807) is 0 Å². The minimum Gasteiger partial charge on any atom is -0.0651 e. The van der Waals surface area contributed by atoms with E-state index in [9.17, 15) is 0 Å². The molecule has 0 nitrogen and oxygen atoms in total. The molecule has 0 aromatic heterocycles. The van der Waals surface area contributed by atoms with Crippen LogP contribution in [0.3, 0.4) is 0 Å². The van der Waals surface area contributed by atoms with E-state index in [2.05, 4.69) is 48.5 Å². The van der Waals surface area contributed by atoms with Crippen molar-refractivity contribution in [3.8, 4) is 0 Å². The molecule has 0 aromatic rings. The van der Waals surface area contributed by atoms with Crippen LogP contribution in [0.1, 0.15) is 67.7 Å². The molecule has 0 rings (SSSR count). The number of hydrogen-bond acceptors (Lipinski definition) is 0. The van der Waals surface area contributed by atoms with Gasteiger partial charge in [-0.25, -0.2) is 0 Å². The molecule has 0 saturated carbocycles. The summed E-state index contributed by atoms with van der Waals surface area (Å²) in [6.45, 7) is 16.7. The van der Waals surface area contributed by atoms with Crippen molar-refractivity contribution in [2.45, 2.75) is 67.7 Å². The lowest BCUT2D eigenvalue weighted by Crippen LogP contribution is -2.22. The van der Waals surface area contributed by atoms with Gasteiger partial charge in [0.1, 0.15) is 0 Å². The van der Waals surface area contributed by atoms with Gasteiger partial charge in [0.15, 0.2) is 0 Å². The quantitative estimate of drug-likeness (QED) is 0.531. The molecule has 0 aliphatic heterocycles. The molecule has 0 heterocycles. The van der Waals surface area contributed by atoms with Crippen molar-refractivity contribution in [3.05, 3.63) is 0 Å². The fraction of sp³-hybridized carbons (Fsp3) is 1.00. The van der Waals surface area contributed by atoms with E-state index in [4.69, 9.17) is 0 Å². The van der Waals surface area contributed by atoms with Gasteiger partial charge in [0.2, 0.25) is 0 Å². The first kappa shape index (κ1) is 15.0. The maximum atomic E-state index is 2.45.